The quantitative estimate of drug-likeness (QED) is 0.526. The molecule has 2 unspecified atom stereocenters. The molecule has 1 N–H and O–H groups in total. The Hall–Kier alpha value is -3.27. The number of nitrogens with one attached hydrogen (secondary N) is 1. The smallest absolute Gasteiger partial charge is 0.380 e. The Morgan fingerprint density at radius 2 is 1.85 bits per heavy atom. The van der Waals surface area contributed by atoms with Crippen molar-refractivity contribution in [1.82, 2.24) is 15.0 Å². The number of benzene rings is 1. The highest BCUT2D eigenvalue weighted by molar-refractivity contribution is 5.53. The molecule has 1 aliphatic heterocycles. The summed E-state index contributed by atoms with van der Waals surface area (Å²) in [4.78, 5) is 14.1. The molecule has 10 heteroatoms. The molecule has 0 spiro atoms. The predicted octanol–water partition coefficient (Wildman–Crippen LogP) is 4.92. The summed E-state index contributed by atoms with van der Waals surface area (Å²) in [6.45, 7) is 2.55. The van der Waals surface area contributed by atoms with Crippen LogP contribution < -0.4 is 10.2 Å². The molecule has 174 valence electrons. The van der Waals surface area contributed by atoms with E-state index in [1.54, 1.807) is 18.2 Å². The zero-order valence-corrected chi connectivity index (χ0v) is 18.1. The summed E-state index contributed by atoms with van der Waals surface area (Å²) >= 11 is 0. The number of methoxy groups -OCH3 is 1. The zero-order valence-electron chi connectivity index (χ0n) is 18.1. The van der Waals surface area contributed by atoms with E-state index in [9.17, 15) is 13.2 Å². The topological polar surface area (TPSA) is 63.2 Å². The Morgan fingerprint density at radius 1 is 1.09 bits per heavy atom. The van der Waals surface area contributed by atoms with Crippen LogP contribution in [-0.4, -0.2) is 34.7 Å². The number of aromatic nitrogens is 3. The average molecular weight is 461 g/mol. The van der Waals surface area contributed by atoms with Crippen LogP contribution in [0.2, 0.25) is 0 Å². The molecule has 3 heterocycles. The summed E-state index contributed by atoms with van der Waals surface area (Å²) < 4.78 is 59.7. The maximum atomic E-state index is 15.4. The Bertz CT molecular complexity index is 1090. The van der Waals surface area contributed by atoms with Crippen molar-refractivity contribution in [2.24, 2.45) is 0 Å². The fourth-order valence-electron chi connectivity index (χ4n) is 3.89. The molecule has 1 aliphatic rings. The molecule has 0 aliphatic carbocycles. The molecule has 1 aromatic carbocycles. The first-order valence-corrected chi connectivity index (χ1v) is 10.4. The van der Waals surface area contributed by atoms with E-state index in [1.807, 2.05) is 19.1 Å². The van der Waals surface area contributed by atoms with Crippen LogP contribution in [0.3, 0.4) is 0 Å². The fraction of sp³-hybridized carbons (Fsp3) is 0.348. The standard InChI is InChI=1S/C23H23F4N5O/c1-14-3-4-15(10-28-14)11-29-21-20(24)22(31-13-30-21)32-12-18(33-2)9-19(32)16-5-7-17(8-6-16)23(25,26)27/h3-8,10,13,18-19H,9,11-12H2,1-2H3,(H,29,30,31). The molecule has 0 saturated carbocycles. The van der Waals surface area contributed by atoms with Gasteiger partial charge in [0, 0.05) is 32.1 Å². The van der Waals surface area contributed by atoms with Crippen molar-refractivity contribution in [3.05, 3.63) is 77.1 Å². The molecule has 1 fully saturated rings. The largest absolute Gasteiger partial charge is 0.416 e. The fourth-order valence-corrected chi connectivity index (χ4v) is 3.89. The molecule has 1 saturated heterocycles. The van der Waals surface area contributed by atoms with Gasteiger partial charge >= 0.3 is 6.18 Å². The second kappa shape index (κ2) is 9.30. The van der Waals surface area contributed by atoms with Crippen molar-refractivity contribution < 1.29 is 22.3 Å². The number of ether oxygens (including phenoxy) is 1. The minimum Gasteiger partial charge on any atom is -0.380 e. The summed E-state index contributed by atoms with van der Waals surface area (Å²) in [5.41, 5.74) is 1.64. The van der Waals surface area contributed by atoms with E-state index in [1.165, 1.54) is 18.5 Å². The highest BCUT2D eigenvalue weighted by atomic mass is 19.4. The number of halogens is 4. The van der Waals surface area contributed by atoms with E-state index in [-0.39, 0.29) is 17.7 Å². The van der Waals surface area contributed by atoms with Crippen molar-refractivity contribution in [2.75, 3.05) is 23.9 Å². The maximum absolute atomic E-state index is 15.4. The summed E-state index contributed by atoms with van der Waals surface area (Å²) in [5.74, 6) is -0.530. The van der Waals surface area contributed by atoms with Gasteiger partial charge in [-0.25, -0.2) is 9.97 Å². The van der Waals surface area contributed by atoms with Gasteiger partial charge in [0.2, 0.25) is 5.82 Å². The third-order valence-electron chi connectivity index (χ3n) is 5.69. The molecule has 0 amide bonds. The molecule has 33 heavy (non-hydrogen) atoms. The molecular weight excluding hydrogens is 438 g/mol. The molecule has 3 aromatic rings. The SMILES string of the molecule is COC1CC(c2ccc(C(F)(F)F)cc2)N(c2ncnc(NCc3ccc(C)nc3)c2F)C1. The first-order valence-electron chi connectivity index (χ1n) is 10.4. The highest BCUT2D eigenvalue weighted by Gasteiger charge is 2.37. The maximum Gasteiger partial charge on any atom is 0.416 e. The van der Waals surface area contributed by atoms with Crippen LogP contribution in [0.5, 0.6) is 0 Å². The Morgan fingerprint density at radius 3 is 2.48 bits per heavy atom. The molecule has 2 atom stereocenters. The highest BCUT2D eigenvalue weighted by Crippen LogP contribution is 2.39. The first-order chi connectivity index (χ1) is 15.8. The summed E-state index contributed by atoms with van der Waals surface area (Å²) in [5, 5.41) is 2.97. The van der Waals surface area contributed by atoms with Crippen molar-refractivity contribution >= 4 is 11.6 Å². The second-order valence-corrected chi connectivity index (χ2v) is 7.90. The number of alkyl halides is 3. The van der Waals surface area contributed by atoms with Crippen LogP contribution >= 0.6 is 0 Å². The molecule has 2 aromatic heterocycles. The molecule has 6 nitrogen and oxygen atoms in total. The van der Waals surface area contributed by atoms with Crippen molar-refractivity contribution in [3.63, 3.8) is 0 Å². The van der Waals surface area contributed by atoms with Crippen LogP contribution in [0.15, 0.2) is 48.9 Å². The van der Waals surface area contributed by atoms with Gasteiger partial charge in [-0.05, 0) is 42.7 Å². The third-order valence-corrected chi connectivity index (χ3v) is 5.69. The van der Waals surface area contributed by atoms with Crippen LogP contribution in [0.25, 0.3) is 0 Å². The van der Waals surface area contributed by atoms with Gasteiger partial charge in [-0.1, -0.05) is 18.2 Å². The monoisotopic (exact) mass is 461 g/mol. The lowest BCUT2D eigenvalue weighted by molar-refractivity contribution is -0.137. The zero-order chi connectivity index (χ0) is 23.6. The number of nitrogens with zero attached hydrogens (tertiary/aromatic N) is 4. The van der Waals surface area contributed by atoms with Gasteiger partial charge in [0.15, 0.2) is 11.6 Å². The second-order valence-electron chi connectivity index (χ2n) is 7.90. The van der Waals surface area contributed by atoms with E-state index >= 15 is 4.39 Å². The third kappa shape index (κ3) is 5.05. The number of aryl methyl sites for hydroxylation is 1. The lowest BCUT2D eigenvalue weighted by Gasteiger charge is -2.26. The van der Waals surface area contributed by atoms with E-state index in [4.69, 9.17) is 4.74 Å². The lowest BCUT2D eigenvalue weighted by atomic mass is 10.0. The average Bonchev–Trinajstić information content (AvgIpc) is 3.23. The minimum absolute atomic E-state index is 0.0348. The van der Waals surface area contributed by atoms with E-state index in [0.717, 1.165) is 23.4 Å². The summed E-state index contributed by atoms with van der Waals surface area (Å²) in [6, 6.07) is 8.26. The van der Waals surface area contributed by atoms with E-state index in [2.05, 4.69) is 20.3 Å². The van der Waals surface area contributed by atoms with Gasteiger partial charge in [0.1, 0.15) is 6.33 Å². The number of hydrogen-bond acceptors (Lipinski definition) is 6. The van der Waals surface area contributed by atoms with Crippen LogP contribution in [-0.2, 0) is 17.5 Å². The number of anilines is 2. The molecular formula is C23H23F4N5O. The molecule has 4 rings (SSSR count). The molecule has 0 bridgehead atoms. The number of hydrogen-bond donors (Lipinski definition) is 1. The Balaban J connectivity index is 1.59. The van der Waals surface area contributed by atoms with Gasteiger partial charge in [-0.15, -0.1) is 0 Å². The van der Waals surface area contributed by atoms with Crippen LogP contribution in [0.4, 0.5) is 29.2 Å². The van der Waals surface area contributed by atoms with Crippen LogP contribution in [0.1, 0.15) is 34.8 Å². The van der Waals surface area contributed by atoms with Crippen molar-refractivity contribution in [2.45, 2.75) is 38.2 Å². The van der Waals surface area contributed by atoms with E-state index in [0.29, 0.717) is 25.1 Å². The predicted molar refractivity (Wildman–Crippen MR) is 115 cm³/mol. The number of rotatable bonds is 6. The van der Waals surface area contributed by atoms with Gasteiger partial charge in [0.05, 0.1) is 17.7 Å². The van der Waals surface area contributed by atoms with Gasteiger partial charge in [0.25, 0.3) is 0 Å². The minimum atomic E-state index is -4.42. The number of pyridine rings is 1. The normalized spacial score (nSPS) is 18.5. The Labute approximate surface area is 188 Å². The summed E-state index contributed by atoms with van der Waals surface area (Å²) in [7, 11) is 1.55. The Kier molecular flexibility index (Phi) is 6.46. The first kappa shape index (κ1) is 22.9. The molecule has 0 radical (unpaired) electrons. The van der Waals surface area contributed by atoms with Gasteiger partial charge in [-0.2, -0.15) is 17.6 Å². The summed E-state index contributed by atoms with van der Waals surface area (Å²) in [6.07, 6.45) is -1.19. The van der Waals surface area contributed by atoms with Crippen molar-refractivity contribution in [1.29, 1.82) is 0 Å². The van der Waals surface area contributed by atoms with Gasteiger partial charge in [-0.3, -0.25) is 4.98 Å². The van der Waals surface area contributed by atoms with Gasteiger partial charge < -0.3 is 15.0 Å². The lowest BCUT2D eigenvalue weighted by Crippen LogP contribution is -2.27. The van der Waals surface area contributed by atoms with Crippen molar-refractivity contribution in [3.8, 4) is 0 Å². The van der Waals surface area contributed by atoms with E-state index < -0.39 is 23.6 Å². The van der Waals surface area contributed by atoms with Crippen LogP contribution in [0, 0.1) is 12.7 Å².